The first-order valence-electron chi connectivity index (χ1n) is 9.70. The summed E-state index contributed by atoms with van der Waals surface area (Å²) in [6, 6.07) is 0.152. The van der Waals surface area contributed by atoms with Crippen molar-refractivity contribution in [3.8, 4) is 6.01 Å². The molecular formula is C18H35N5O3. The lowest BCUT2D eigenvalue weighted by atomic mass is 10.1. The number of hydrogen-bond donors (Lipinski definition) is 2. The Morgan fingerprint density at radius 3 is 2.04 bits per heavy atom. The van der Waals surface area contributed by atoms with E-state index in [2.05, 4.69) is 28.8 Å². The first-order chi connectivity index (χ1) is 12.7. The molecule has 0 radical (unpaired) electrons. The van der Waals surface area contributed by atoms with Crippen molar-refractivity contribution < 1.29 is 14.2 Å². The molecule has 0 bridgehead atoms. The van der Waals surface area contributed by atoms with E-state index < -0.39 is 12.0 Å². The predicted molar refractivity (Wildman–Crippen MR) is 100 cm³/mol. The third-order valence-electron chi connectivity index (χ3n) is 4.05. The topological polar surface area (TPSA) is 118 Å². The molecule has 1 aromatic rings. The van der Waals surface area contributed by atoms with Crippen LogP contribution in [0.1, 0.15) is 65.2 Å². The first kappa shape index (κ1) is 22.7. The van der Waals surface area contributed by atoms with Crippen LogP contribution in [0.15, 0.2) is 12.7 Å². The van der Waals surface area contributed by atoms with Gasteiger partial charge in [0.25, 0.3) is 0 Å². The molecule has 1 rings (SSSR count). The van der Waals surface area contributed by atoms with E-state index in [-0.39, 0.29) is 6.01 Å². The Morgan fingerprint density at radius 2 is 1.54 bits per heavy atom. The monoisotopic (exact) mass is 369 g/mol. The quantitative estimate of drug-likeness (QED) is 0.337. The van der Waals surface area contributed by atoms with E-state index in [9.17, 15) is 0 Å². The molecule has 1 heterocycles. The summed E-state index contributed by atoms with van der Waals surface area (Å²) in [5.74, 6) is -1.06. The van der Waals surface area contributed by atoms with Crippen LogP contribution in [0.2, 0.25) is 0 Å². The van der Waals surface area contributed by atoms with Crippen LogP contribution in [0.3, 0.4) is 0 Å². The van der Waals surface area contributed by atoms with E-state index in [1.165, 1.54) is 12.7 Å². The normalized spacial score (nSPS) is 12.9. The Bertz CT molecular complexity index is 438. The van der Waals surface area contributed by atoms with Gasteiger partial charge in [0.2, 0.25) is 12.0 Å². The molecule has 0 amide bonds. The fourth-order valence-electron chi connectivity index (χ4n) is 2.53. The fourth-order valence-corrected chi connectivity index (χ4v) is 2.53. The highest BCUT2D eigenvalue weighted by Gasteiger charge is 2.41. The van der Waals surface area contributed by atoms with Crippen molar-refractivity contribution in [3.63, 3.8) is 0 Å². The molecule has 150 valence electrons. The van der Waals surface area contributed by atoms with Gasteiger partial charge < -0.3 is 19.9 Å². The highest BCUT2D eigenvalue weighted by molar-refractivity contribution is 4.91. The summed E-state index contributed by atoms with van der Waals surface area (Å²) in [5, 5.41) is 0. The summed E-state index contributed by atoms with van der Waals surface area (Å²) < 4.78 is 18.0. The van der Waals surface area contributed by atoms with E-state index in [4.69, 9.17) is 25.7 Å². The average Bonchev–Trinajstić information content (AvgIpc) is 2.67. The van der Waals surface area contributed by atoms with Gasteiger partial charge in [0.1, 0.15) is 12.7 Å². The van der Waals surface area contributed by atoms with E-state index in [1.807, 2.05) is 0 Å². The van der Waals surface area contributed by atoms with Crippen molar-refractivity contribution in [3.05, 3.63) is 12.7 Å². The Kier molecular flexibility index (Phi) is 12.0. The molecule has 0 aliphatic rings. The molecule has 1 aromatic heterocycles. The number of hydrogen-bond acceptors (Lipinski definition) is 8. The van der Waals surface area contributed by atoms with Crippen molar-refractivity contribution in [2.24, 2.45) is 11.5 Å². The third-order valence-corrected chi connectivity index (χ3v) is 4.05. The lowest BCUT2D eigenvalue weighted by Gasteiger charge is -2.38. The van der Waals surface area contributed by atoms with Crippen LogP contribution in [0.25, 0.3) is 0 Å². The maximum absolute atomic E-state index is 6.34. The van der Waals surface area contributed by atoms with Gasteiger partial charge >= 0.3 is 6.01 Å². The average molecular weight is 370 g/mol. The minimum atomic E-state index is -1.06. The van der Waals surface area contributed by atoms with Crippen LogP contribution in [0, 0.1) is 0 Å². The first-order valence-corrected chi connectivity index (χ1v) is 9.70. The summed E-state index contributed by atoms with van der Waals surface area (Å²) in [7, 11) is 0. The molecule has 8 nitrogen and oxygen atoms in total. The zero-order chi connectivity index (χ0) is 19.1. The smallest absolute Gasteiger partial charge is 0.321 e. The lowest BCUT2D eigenvalue weighted by Crippen LogP contribution is -2.56. The molecule has 0 aromatic carbocycles. The van der Waals surface area contributed by atoms with Crippen LogP contribution in [0.5, 0.6) is 6.01 Å². The standard InChI is InChI=1S/C18H35N5O3/c1-3-5-7-12-24-18(10-9-11-19,25-13-8-6-4-2)16(20)26-17-22-14-21-15-23-17/h14-16H,3-13,19-20H2,1-2H3. The minimum Gasteiger partial charge on any atom is -0.439 e. The highest BCUT2D eigenvalue weighted by Crippen LogP contribution is 2.26. The molecule has 0 aliphatic carbocycles. The van der Waals surface area contributed by atoms with Crippen LogP contribution in [-0.2, 0) is 9.47 Å². The summed E-state index contributed by atoms with van der Waals surface area (Å²) >= 11 is 0. The van der Waals surface area contributed by atoms with Crippen molar-refractivity contribution in [2.45, 2.75) is 77.2 Å². The van der Waals surface area contributed by atoms with Crippen LogP contribution < -0.4 is 16.2 Å². The Balaban J connectivity index is 2.83. The Hall–Kier alpha value is -1.35. The van der Waals surface area contributed by atoms with E-state index >= 15 is 0 Å². The predicted octanol–water partition coefficient (Wildman–Crippen LogP) is 2.38. The molecule has 26 heavy (non-hydrogen) atoms. The second-order valence-electron chi connectivity index (χ2n) is 6.27. The van der Waals surface area contributed by atoms with Crippen molar-refractivity contribution >= 4 is 0 Å². The maximum atomic E-state index is 6.34. The summed E-state index contributed by atoms with van der Waals surface area (Å²) in [4.78, 5) is 11.7. The van der Waals surface area contributed by atoms with Crippen LogP contribution in [0.4, 0.5) is 0 Å². The highest BCUT2D eigenvalue weighted by atomic mass is 16.7. The van der Waals surface area contributed by atoms with Crippen LogP contribution >= 0.6 is 0 Å². The zero-order valence-corrected chi connectivity index (χ0v) is 16.2. The van der Waals surface area contributed by atoms with Gasteiger partial charge in [0.15, 0.2) is 0 Å². The Morgan fingerprint density at radius 1 is 0.962 bits per heavy atom. The summed E-state index contributed by atoms with van der Waals surface area (Å²) in [6.07, 6.45) is 9.42. The van der Waals surface area contributed by atoms with Gasteiger partial charge in [-0.15, -0.1) is 0 Å². The second-order valence-corrected chi connectivity index (χ2v) is 6.27. The molecule has 0 fully saturated rings. The van der Waals surface area contributed by atoms with Crippen molar-refractivity contribution in [2.75, 3.05) is 19.8 Å². The molecule has 4 N–H and O–H groups in total. The van der Waals surface area contributed by atoms with Gasteiger partial charge in [-0.25, -0.2) is 4.98 Å². The van der Waals surface area contributed by atoms with E-state index in [0.29, 0.717) is 26.2 Å². The number of nitrogens with zero attached hydrogens (tertiary/aromatic N) is 3. The van der Waals surface area contributed by atoms with Gasteiger partial charge in [-0.3, -0.25) is 5.73 Å². The minimum absolute atomic E-state index is 0.152. The Labute approximate surface area is 157 Å². The SMILES string of the molecule is CCCCCOC(CCCN)(OCCCCC)C(N)Oc1ncncn1. The van der Waals surface area contributed by atoms with Crippen molar-refractivity contribution in [1.29, 1.82) is 0 Å². The number of ether oxygens (including phenoxy) is 3. The maximum Gasteiger partial charge on any atom is 0.321 e. The fraction of sp³-hybridized carbons (Fsp3) is 0.833. The van der Waals surface area contributed by atoms with E-state index in [0.717, 1.165) is 44.9 Å². The zero-order valence-electron chi connectivity index (χ0n) is 16.2. The number of nitrogens with two attached hydrogens (primary N) is 2. The van der Waals surface area contributed by atoms with Gasteiger partial charge in [-0.05, 0) is 25.8 Å². The van der Waals surface area contributed by atoms with Crippen LogP contribution in [-0.4, -0.2) is 46.7 Å². The summed E-state index contributed by atoms with van der Waals surface area (Å²) in [5.41, 5.74) is 12.1. The molecule has 1 unspecified atom stereocenters. The summed E-state index contributed by atoms with van der Waals surface area (Å²) in [6.45, 7) is 5.94. The number of rotatable bonds is 16. The number of unbranched alkanes of at least 4 members (excludes halogenated alkanes) is 4. The largest absolute Gasteiger partial charge is 0.439 e. The number of aromatic nitrogens is 3. The van der Waals surface area contributed by atoms with Crippen molar-refractivity contribution in [1.82, 2.24) is 15.0 Å². The molecule has 0 saturated heterocycles. The van der Waals surface area contributed by atoms with Gasteiger partial charge in [-0.1, -0.05) is 39.5 Å². The molecular weight excluding hydrogens is 334 g/mol. The second kappa shape index (κ2) is 13.8. The molecule has 0 spiro atoms. The molecule has 8 heteroatoms. The third kappa shape index (κ3) is 8.35. The van der Waals surface area contributed by atoms with E-state index in [1.54, 1.807) is 0 Å². The van der Waals surface area contributed by atoms with Gasteiger partial charge in [-0.2, -0.15) is 9.97 Å². The van der Waals surface area contributed by atoms with Gasteiger partial charge in [0, 0.05) is 6.42 Å². The molecule has 0 aliphatic heterocycles. The van der Waals surface area contributed by atoms with Gasteiger partial charge in [0.05, 0.1) is 13.2 Å². The lowest BCUT2D eigenvalue weighted by molar-refractivity contribution is -0.282. The molecule has 0 saturated carbocycles. The molecule has 1 atom stereocenters.